The lowest BCUT2D eigenvalue weighted by Crippen LogP contribution is -2.47. The maximum absolute atomic E-state index is 14.5. The summed E-state index contributed by atoms with van der Waals surface area (Å²) in [5, 5.41) is 19.7. The second-order valence-corrected chi connectivity index (χ2v) is 8.85. The van der Waals surface area contributed by atoms with Crippen LogP contribution in [0.4, 0.5) is 26.7 Å². The number of benzene rings is 1. The molecular formula is C21H24F5N3O3. The molecule has 0 spiro atoms. The summed E-state index contributed by atoms with van der Waals surface area (Å²) in [7, 11) is 0. The van der Waals surface area contributed by atoms with E-state index in [1.54, 1.807) is 20.8 Å². The summed E-state index contributed by atoms with van der Waals surface area (Å²) in [6.45, 7) is 4.67. The van der Waals surface area contributed by atoms with Gasteiger partial charge in [0.05, 0.1) is 17.9 Å². The average molecular weight is 461 g/mol. The van der Waals surface area contributed by atoms with Gasteiger partial charge in [-0.05, 0) is 45.2 Å². The summed E-state index contributed by atoms with van der Waals surface area (Å²) < 4.78 is 69.3. The van der Waals surface area contributed by atoms with Gasteiger partial charge in [-0.25, -0.2) is 18.6 Å². The van der Waals surface area contributed by atoms with Crippen LogP contribution in [0.1, 0.15) is 68.8 Å². The third-order valence-corrected chi connectivity index (χ3v) is 5.66. The number of alkyl halides is 3. The molecule has 2 N–H and O–H groups in total. The van der Waals surface area contributed by atoms with Crippen LogP contribution in [-0.4, -0.2) is 42.5 Å². The molecule has 11 heteroatoms. The van der Waals surface area contributed by atoms with Gasteiger partial charge >= 0.3 is 12.3 Å². The third kappa shape index (κ3) is 4.43. The standard InChI is InChI=1S/C21H24F5N3O3/c1-20(2,3)29(19(31)32)14-8-7-11(12-5-4-6-13(22)16(12)23)10-28-15(9-27-18(14)28)17(30)21(24,25)26/h4-6,9,11,14,17,30H,7-8,10H2,1-3H3,(H,31,32)/t11-,14-,17?/m1/s1. The van der Waals surface area contributed by atoms with Crippen molar-refractivity contribution in [2.24, 2.45) is 0 Å². The molecule has 0 aliphatic carbocycles. The highest BCUT2D eigenvalue weighted by Gasteiger charge is 2.45. The van der Waals surface area contributed by atoms with E-state index in [4.69, 9.17) is 0 Å². The van der Waals surface area contributed by atoms with Crippen LogP contribution in [0.2, 0.25) is 0 Å². The maximum Gasteiger partial charge on any atom is 0.420 e. The first-order valence-electron chi connectivity index (χ1n) is 9.99. The second-order valence-electron chi connectivity index (χ2n) is 8.85. The first kappa shape index (κ1) is 24.0. The van der Waals surface area contributed by atoms with Gasteiger partial charge in [0.15, 0.2) is 17.7 Å². The van der Waals surface area contributed by atoms with Crippen molar-refractivity contribution < 1.29 is 37.0 Å². The van der Waals surface area contributed by atoms with E-state index >= 15 is 0 Å². The molecule has 0 saturated carbocycles. The Morgan fingerprint density at radius 3 is 2.44 bits per heavy atom. The zero-order chi connectivity index (χ0) is 24.0. The van der Waals surface area contributed by atoms with Crippen LogP contribution in [0.3, 0.4) is 0 Å². The second kappa shape index (κ2) is 8.34. The fourth-order valence-electron chi connectivity index (χ4n) is 4.28. The van der Waals surface area contributed by atoms with Gasteiger partial charge in [-0.15, -0.1) is 0 Å². The van der Waals surface area contributed by atoms with Crippen LogP contribution in [0.25, 0.3) is 0 Å². The molecule has 1 aromatic heterocycles. The first-order chi connectivity index (χ1) is 14.7. The van der Waals surface area contributed by atoms with Crippen molar-refractivity contribution in [2.75, 3.05) is 0 Å². The molecule has 176 valence electrons. The van der Waals surface area contributed by atoms with E-state index < -0.39 is 53.2 Å². The van der Waals surface area contributed by atoms with Crippen molar-refractivity contribution in [1.29, 1.82) is 0 Å². The lowest BCUT2D eigenvalue weighted by atomic mass is 9.91. The van der Waals surface area contributed by atoms with Gasteiger partial charge in [0, 0.05) is 18.0 Å². The van der Waals surface area contributed by atoms with Crippen molar-refractivity contribution >= 4 is 6.09 Å². The predicted octanol–water partition coefficient (Wildman–Crippen LogP) is 5.15. The van der Waals surface area contributed by atoms with Crippen molar-refractivity contribution in [2.45, 2.75) is 69.9 Å². The van der Waals surface area contributed by atoms with Crippen LogP contribution >= 0.6 is 0 Å². The summed E-state index contributed by atoms with van der Waals surface area (Å²) in [5.74, 6) is -2.95. The monoisotopic (exact) mass is 461 g/mol. The minimum atomic E-state index is -4.99. The number of imidazole rings is 1. The molecule has 1 amide bonds. The molecule has 3 rings (SSSR count). The van der Waals surface area contributed by atoms with Crippen LogP contribution < -0.4 is 0 Å². The van der Waals surface area contributed by atoms with E-state index in [2.05, 4.69) is 4.98 Å². The normalized spacial score (nSPS) is 20.4. The Hall–Kier alpha value is -2.69. The quantitative estimate of drug-likeness (QED) is 0.620. The lowest BCUT2D eigenvalue weighted by Gasteiger charge is -2.39. The number of carboxylic acid groups (broad SMARTS) is 1. The van der Waals surface area contributed by atoms with E-state index in [9.17, 15) is 37.0 Å². The van der Waals surface area contributed by atoms with Crippen LogP contribution in [0.5, 0.6) is 0 Å². The summed E-state index contributed by atoms with van der Waals surface area (Å²) in [5.41, 5.74) is -1.55. The number of aromatic nitrogens is 2. The Morgan fingerprint density at radius 2 is 1.88 bits per heavy atom. The molecule has 6 nitrogen and oxygen atoms in total. The van der Waals surface area contributed by atoms with Crippen LogP contribution in [0, 0.1) is 11.6 Å². The zero-order valence-corrected chi connectivity index (χ0v) is 17.7. The number of fused-ring (bicyclic) bond motifs is 1. The number of amides is 1. The maximum atomic E-state index is 14.5. The largest absolute Gasteiger partial charge is 0.465 e. The van der Waals surface area contributed by atoms with Crippen molar-refractivity contribution in [3.05, 3.63) is 53.1 Å². The molecule has 1 aliphatic rings. The number of nitrogens with zero attached hydrogens (tertiary/aromatic N) is 3. The number of rotatable bonds is 3. The highest BCUT2D eigenvalue weighted by atomic mass is 19.4. The summed E-state index contributed by atoms with van der Waals surface area (Å²) in [6.07, 6.45) is -8.03. The van der Waals surface area contributed by atoms with Gasteiger partial charge in [-0.3, -0.25) is 4.90 Å². The molecule has 0 fully saturated rings. The third-order valence-electron chi connectivity index (χ3n) is 5.66. The minimum absolute atomic E-state index is 0.0138. The topological polar surface area (TPSA) is 78.6 Å². The van der Waals surface area contributed by atoms with Gasteiger partial charge in [0.25, 0.3) is 0 Å². The Kier molecular flexibility index (Phi) is 6.25. The number of aliphatic hydroxyl groups is 1. The highest BCUT2D eigenvalue weighted by molar-refractivity contribution is 5.66. The number of halogens is 5. The van der Waals surface area contributed by atoms with E-state index in [-0.39, 0.29) is 30.8 Å². The molecule has 0 bridgehead atoms. The smallest absolute Gasteiger partial charge is 0.420 e. The predicted molar refractivity (Wildman–Crippen MR) is 104 cm³/mol. The molecule has 1 aromatic carbocycles. The van der Waals surface area contributed by atoms with E-state index in [0.29, 0.717) is 0 Å². The average Bonchev–Trinajstić information content (AvgIpc) is 2.98. The molecule has 0 radical (unpaired) electrons. The Balaban J connectivity index is 2.17. The SMILES string of the molecule is CC(C)(C)N(C(=O)O)[C@@H]1CC[C@@H](c2cccc(F)c2F)Cn2c(C(O)C(F)(F)F)cnc21. The van der Waals surface area contributed by atoms with Gasteiger partial charge in [0.2, 0.25) is 0 Å². The van der Waals surface area contributed by atoms with Crippen molar-refractivity contribution in [1.82, 2.24) is 14.5 Å². The highest BCUT2D eigenvalue weighted by Crippen LogP contribution is 2.42. The molecule has 1 aliphatic heterocycles. The molecule has 0 saturated heterocycles. The van der Waals surface area contributed by atoms with Crippen molar-refractivity contribution in [3.63, 3.8) is 0 Å². The molecule has 3 atom stereocenters. The Morgan fingerprint density at radius 1 is 1.22 bits per heavy atom. The van der Waals surface area contributed by atoms with E-state index in [1.165, 1.54) is 12.1 Å². The number of aliphatic hydroxyl groups excluding tert-OH is 1. The fourth-order valence-corrected chi connectivity index (χ4v) is 4.28. The van der Waals surface area contributed by atoms with E-state index in [1.807, 2.05) is 0 Å². The Bertz CT molecular complexity index is 1000. The number of hydrogen-bond acceptors (Lipinski definition) is 3. The van der Waals surface area contributed by atoms with Crippen LogP contribution in [0.15, 0.2) is 24.4 Å². The fraction of sp³-hybridized carbons (Fsp3) is 0.524. The van der Waals surface area contributed by atoms with Crippen LogP contribution in [-0.2, 0) is 6.54 Å². The Labute approximate surface area is 181 Å². The lowest BCUT2D eigenvalue weighted by molar-refractivity contribution is -0.208. The van der Waals surface area contributed by atoms with Crippen molar-refractivity contribution in [3.8, 4) is 0 Å². The van der Waals surface area contributed by atoms with E-state index in [0.717, 1.165) is 21.7 Å². The van der Waals surface area contributed by atoms with Gasteiger partial charge < -0.3 is 14.8 Å². The zero-order valence-electron chi connectivity index (χ0n) is 17.7. The minimum Gasteiger partial charge on any atom is -0.465 e. The number of hydrogen-bond donors (Lipinski definition) is 2. The molecule has 2 heterocycles. The van der Waals surface area contributed by atoms with Gasteiger partial charge in [-0.2, -0.15) is 13.2 Å². The summed E-state index contributed by atoms with van der Waals surface area (Å²) in [4.78, 5) is 17.2. The molecule has 2 aromatic rings. The summed E-state index contributed by atoms with van der Waals surface area (Å²) in [6, 6.07) is 2.63. The molecule has 32 heavy (non-hydrogen) atoms. The van der Waals surface area contributed by atoms with Gasteiger partial charge in [-0.1, -0.05) is 12.1 Å². The molecular weight excluding hydrogens is 437 g/mol. The summed E-state index contributed by atoms with van der Waals surface area (Å²) >= 11 is 0. The molecule has 1 unspecified atom stereocenters. The number of carbonyl (C=O) groups is 1. The first-order valence-corrected chi connectivity index (χ1v) is 9.99. The van der Waals surface area contributed by atoms with Gasteiger partial charge in [0.1, 0.15) is 5.82 Å².